The molecule has 1 fully saturated rings. The van der Waals surface area contributed by atoms with E-state index in [1.54, 1.807) is 0 Å². The summed E-state index contributed by atoms with van der Waals surface area (Å²) in [5.74, 6) is -0.793. The van der Waals surface area contributed by atoms with E-state index in [1.807, 2.05) is 0 Å². The van der Waals surface area contributed by atoms with Gasteiger partial charge >= 0.3 is 11.9 Å². The first-order chi connectivity index (χ1) is 29.8. The zero-order valence-electron chi connectivity index (χ0n) is 39.4. The average molecular weight is 869 g/mol. The van der Waals surface area contributed by atoms with E-state index in [4.69, 9.17) is 18.9 Å². The monoisotopic (exact) mass is 869 g/mol. The van der Waals surface area contributed by atoms with E-state index in [9.17, 15) is 30.0 Å². The molecule has 1 heterocycles. The smallest absolute Gasteiger partial charge is 0.306 e. The first-order valence-electron chi connectivity index (χ1n) is 25.8. The Balaban J connectivity index is 2.25. The van der Waals surface area contributed by atoms with Crippen LogP contribution in [0.15, 0.2) is 12.2 Å². The summed E-state index contributed by atoms with van der Waals surface area (Å²) in [4.78, 5) is 25.4. The van der Waals surface area contributed by atoms with Crippen LogP contribution in [0.3, 0.4) is 0 Å². The quantitative estimate of drug-likeness (QED) is 0.0264. The lowest BCUT2D eigenvalue weighted by Crippen LogP contribution is -2.59. The molecule has 0 aromatic heterocycles. The number of ether oxygens (including phenoxy) is 4. The molecule has 1 saturated heterocycles. The topological polar surface area (TPSA) is 152 Å². The Morgan fingerprint density at radius 1 is 0.492 bits per heavy atom. The Bertz CT molecular complexity index is 1010. The van der Waals surface area contributed by atoms with Gasteiger partial charge in [-0.05, 0) is 38.5 Å². The maximum absolute atomic E-state index is 12.8. The van der Waals surface area contributed by atoms with Crippen LogP contribution in [-0.4, -0.2) is 89.0 Å². The Kier molecular flexibility index (Phi) is 39.9. The number of aliphatic hydroxyl groups is 4. The highest BCUT2D eigenvalue weighted by Crippen LogP contribution is 2.23. The Hall–Kier alpha value is -1.56. The first kappa shape index (κ1) is 57.5. The first-order valence-corrected chi connectivity index (χ1v) is 25.8. The molecule has 0 spiro atoms. The van der Waals surface area contributed by atoms with Crippen LogP contribution >= 0.6 is 0 Å². The molecule has 0 aromatic carbocycles. The molecule has 0 aliphatic carbocycles. The van der Waals surface area contributed by atoms with E-state index in [1.165, 1.54) is 173 Å². The normalized spacial score (nSPS) is 19.7. The third-order valence-electron chi connectivity index (χ3n) is 12.2. The van der Waals surface area contributed by atoms with E-state index in [2.05, 4.69) is 26.0 Å². The molecule has 2 unspecified atom stereocenters. The van der Waals surface area contributed by atoms with Gasteiger partial charge in [0, 0.05) is 12.8 Å². The molecule has 0 amide bonds. The number of unbranched alkanes of at least 4 members (excludes halogenated alkanes) is 31. The zero-order chi connectivity index (χ0) is 44.4. The van der Waals surface area contributed by atoms with Gasteiger partial charge in [0.2, 0.25) is 0 Å². The van der Waals surface area contributed by atoms with Crippen LogP contribution in [0.4, 0.5) is 0 Å². The van der Waals surface area contributed by atoms with Gasteiger partial charge in [-0.15, -0.1) is 0 Å². The summed E-state index contributed by atoms with van der Waals surface area (Å²) in [6, 6.07) is 0. The molecule has 6 atom stereocenters. The van der Waals surface area contributed by atoms with Crippen LogP contribution in [0, 0.1) is 0 Å². The van der Waals surface area contributed by atoms with Crippen molar-refractivity contribution < 1.29 is 49.0 Å². The van der Waals surface area contributed by atoms with Crippen LogP contribution in [0.1, 0.15) is 245 Å². The predicted molar refractivity (Wildman–Crippen MR) is 247 cm³/mol. The lowest BCUT2D eigenvalue weighted by molar-refractivity contribution is -0.305. The maximum Gasteiger partial charge on any atom is 0.306 e. The van der Waals surface area contributed by atoms with E-state index < -0.39 is 49.4 Å². The Labute approximate surface area is 373 Å². The number of hydrogen-bond donors (Lipinski definition) is 4. The van der Waals surface area contributed by atoms with Gasteiger partial charge in [-0.3, -0.25) is 9.59 Å². The number of aliphatic hydroxyl groups excluding tert-OH is 4. The Morgan fingerprint density at radius 3 is 1.28 bits per heavy atom. The van der Waals surface area contributed by atoms with Gasteiger partial charge in [0.1, 0.15) is 31.0 Å². The van der Waals surface area contributed by atoms with Crippen molar-refractivity contribution in [3.8, 4) is 0 Å². The van der Waals surface area contributed by atoms with Gasteiger partial charge in [0.25, 0.3) is 0 Å². The fraction of sp³-hybridized carbons (Fsp3) is 0.922. The summed E-state index contributed by atoms with van der Waals surface area (Å²) in [5.41, 5.74) is 0. The fourth-order valence-electron chi connectivity index (χ4n) is 8.07. The zero-order valence-corrected chi connectivity index (χ0v) is 39.4. The molecule has 10 nitrogen and oxygen atoms in total. The molecule has 1 aliphatic rings. The molecule has 1 aliphatic heterocycles. The van der Waals surface area contributed by atoms with E-state index >= 15 is 0 Å². The van der Waals surface area contributed by atoms with E-state index in [0.717, 1.165) is 38.5 Å². The minimum Gasteiger partial charge on any atom is -0.462 e. The second kappa shape index (κ2) is 42.4. The molecule has 0 aromatic rings. The van der Waals surface area contributed by atoms with Crippen molar-refractivity contribution in [2.75, 3.05) is 19.8 Å². The number of allylic oxidation sites excluding steroid dienone is 2. The summed E-state index contributed by atoms with van der Waals surface area (Å²) in [7, 11) is 0. The molecule has 0 saturated carbocycles. The van der Waals surface area contributed by atoms with Crippen LogP contribution in [-0.2, 0) is 28.5 Å². The standard InChI is InChI=1S/C51H96O10/c1-3-5-7-9-11-13-15-17-19-21-22-24-25-27-29-31-33-35-37-39-46(53)58-42-44(43-59-51-50(57)49(56)48(55)45(41-52)61-51)60-47(54)40-38-36-34-32-30-28-26-23-20-18-16-14-12-10-8-6-4-2/h17,19,44-45,48-52,55-57H,3-16,18,20-43H2,1-2H3/b19-17+/t44-,45-,48+,49?,50?,51-/m0/s1. The van der Waals surface area contributed by atoms with Gasteiger partial charge in [0.05, 0.1) is 13.2 Å². The maximum atomic E-state index is 12.8. The largest absolute Gasteiger partial charge is 0.462 e. The van der Waals surface area contributed by atoms with Gasteiger partial charge in [-0.2, -0.15) is 0 Å². The minimum atomic E-state index is -1.59. The van der Waals surface area contributed by atoms with Gasteiger partial charge < -0.3 is 39.4 Å². The molecule has 1 rings (SSSR count). The van der Waals surface area contributed by atoms with Gasteiger partial charge in [-0.1, -0.05) is 206 Å². The SMILES string of the molecule is CCCCCCCC/C=C/CCCCCCCCCCCC(=O)OC[C@@H](CO[C@H]1O[C@@H](CO)[C@@H](O)C(O)C1O)OC(=O)CCCCCCCCCCCCCCCCCCC. The highest BCUT2D eigenvalue weighted by molar-refractivity contribution is 5.70. The molecule has 4 N–H and O–H groups in total. The lowest BCUT2D eigenvalue weighted by atomic mass is 9.99. The second-order valence-electron chi connectivity index (χ2n) is 18.0. The summed E-state index contributed by atoms with van der Waals surface area (Å²) >= 11 is 0. The number of rotatable bonds is 44. The van der Waals surface area contributed by atoms with E-state index in [0.29, 0.717) is 6.42 Å². The number of esters is 2. The van der Waals surface area contributed by atoms with E-state index in [-0.39, 0.29) is 32.0 Å². The fourth-order valence-corrected chi connectivity index (χ4v) is 8.07. The summed E-state index contributed by atoms with van der Waals surface area (Å²) in [6.07, 6.45) is 39.3. The van der Waals surface area contributed by atoms with Crippen LogP contribution in [0.2, 0.25) is 0 Å². The number of carbonyl (C=O) groups is 2. The molecule has 61 heavy (non-hydrogen) atoms. The minimum absolute atomic E-state index is 0.212. The summed E-state index contributed by atoms with van der Waals surface area (Å²) in [5, 5.41) is 40.2. The van der Waals surface area contributed by atoms with Crippen molar-refractivity contribution in [3.63, 3.8) is 0 Å². The molecule has 360 valence electrons. The van der Waals surface area contributed by atoms with Gasteiger partial charge in [-0.25, -0.2) is 0 Å². The molecule has 0 bridgehead atoms. The van der Waals surface area contributed by atoms with Crippen LogP contribution in [0.25, 0.3) is 0 Å². The number of carbonyl (C=O) groups excluding carboxylic acids is 2. The predicted octanol–water partition coefficient (Wildman–Crippen LogP) is 11.9. The summed E-state index contributed by atoms with van der Waals surface area (Å²) in [6.45, 7) is 3.46. The van der Waals surface area contributed by atoms with Crippen LogP contribution in [0.5, 0.6) is 0 Å². The molecule has 0 radical (unpaired) electrons. The third kappa shape index (κ3) is 33.6. The van der Waals surface area contributed by atoms with Crippen molar-refractivity contribution in [2.45, 2.75) is 282 Å². The molecular weight excluding hydrogens is 773 g/mol. The second-order valence-corrected chi connectivity index (χ2v) is 18.0. The van der Waals surface area contributed by atoms with Crippen molar-refractivity contribution in [3.05, 3.63) is 12.2 Å². The molecule has 10 heteroatoms. The molecular formula is C51H96O10. The number of hydrogen-bond acceptors (Lipinski definition) is 10. The summed E-state index contributed by atoms with van der Waals surface area (Å²) < 4.78 is 22.3. The third-order valence-corrected chi connectivity index (χ3v) is 12.2. The Morgan fingerprint density at radius 2 is 0.869 bits per heavy atom. The van der Waals surface area contributed by atoms with Crippen molar-refractivity contribution in [1.82, 2.24) is 0 Å². The van der Waals surface area contributed by atoms with Gasteiger partial charge in [0.15, 0.2) is 12.4 Å². The average Bonchev–Trinajstić information content (AvgIpc) is 3.26. The van der Waals surface area contributed by atoms with Crippen molar-refractivity contribution in [2.24, 2.45) is 0 Å². The van der Waals surface area contributed by atoms with Crippen molar-refractivity contribution in [1.29, 1.82) is 0 Å². The highest BCUT2D eigenvalue weighted by atomic mass is 16.7. The highest BCUT2D eigenvalue weighted by Gasteiger charge is 2.44. The van der Waals surface area contributed by atoms with Crippen molar-refractivity contribution >= 4 is 11.9 Å². The lowest BCUT2D eigenvalue weighted by Gasteiger charge is -2.39. The van der Waals surface area contributed by atoms with Crippen LogP contribution < -0.4 is 0 Å².